The quantitative estimate of drug-likeness (QED) is 0.824. The van der Waals surface area contributed by atoms with Crippen LogP contribution in [0.25, 0.3) is 0 Å². The number of hydrogen-bond donors (Lipinski definition) is 1. The fourth-order valence-electron chi connectivity index (χ4n) is 3.35. The van der Waals surface area contributed by atoms with Gasteiger partial charge < -0.3 is 15.5 Å². The second-order valence-electron chi connectivity index (χ2n) is 6.60. The zero-order valence-corrected chi connectivity index (χ0v) is 15.9. The summed E-state index contributed by atoms with van der Waals surface area (Å²) in [7, 11) is 1.79. The molecular weight excluding hydrogens is 353 g/mol. The van der Waals surface area contributed by atoms with E-state index in [1.807, 2.05) is 25.1 Å². The third-order valence-corrected chi connectivity index (χ3v) is 5.04. The van der Waals surface area contributed by atoms with Crippen LogP contribution < -0.4 is 10.6 Å². The van der Waals surface area contributed by atoms with E-state index in [-0.39, 0.29) is 30.2 Å². The number of nitrogens with zero attached hydrogens (tertiary/aromatic N) is 2. The van der Waals surface area contributed by atoms with Gasteiger partial charge in [0.25, 0.3) is 0 Å². The molecule has 1 aliphatic rings. The molecule has 0 aromatic heterocycles. The molecule has 0 saturated carbocycles. The van der Waals surface area contributed by atoms with Crippen LogP contribution in [-0.4, -0.2) is 30.9 Å². The fraction of sp³-hybridized carbons (Fsp3) is 0.350. The average Bonchev–Trinajstić information content (AvgIpc) is 2.62. The van der Waals surface area contributed by atoms with Crippen LogP contribution in [0.2, 0.25) is 0 Å². The highest BCUT2D eigenvalue weighted by atomic mass is 35.5. The maximum Gasteiger partial charge on any atom is 0.242 e. The standard InChI is InChI=1S/C20H24FN3O.ClH/c1-14(15-8-10-16(21)11-9-15)23(2)20(25)13-24-12-4-5-17-18(22)6-3-7-19(17)24;/h3,6-11,14H,4-5,12-13,22H2,1-2H3;1H. The van der Waals surface area contributed by atoms with Gasteiger partial charge in [0.2, 0.25) is 5.91 Å². The molecule has 0 radical (unpaired) electrons. The third-order valence-electron chi connectivity index (χ3n) is 5.04. The SMILES string of the molecule is CC(c1ccc(F)cc1)N(C)C(=O)CN1CCCc2c(N)cccc21.Cl. The van der Waals surface area contributed by atoms with Crippen LogP contribution in [0, 0.1) is 5.82 Å². The third kappa shape index (κ3) is 4.10. The number of benzene rings is 2. The summed E-state index contributed by atoms with van der Waals surface area (Å²) in [5.41, 5.74) is 9.98. The zero-order chi connectivity index (χ0) is 18.0. The van der Waals surface area contributed by atoms with Gasteiger partial charge in [0.15, 0.2) is 0 Å². The second kappa shape index (κ2) is 8.41. The largest absolute Gasteiger partial charge is 0.398 e. The minimum absolute atomic E-state index is 0. The van der Waals surface area contributed by atoms with Crippen molar-refractivity contribution in [2.45, 2.75) is 25.8 Å². The van der Waals surface area contributed by atoms with Crippen LogP contribution >= 0.6 is 12.4 Å². The molecular formula is C20H25ClFN3O. The van der Waals surface area contributed by atoms with Gasteiger partial charge in [-0.2, -0.15) is 0 Å². The molecule has 140 valence electrons. The van der Waals surface area contributed by atoms with Crippen LogP contribution in [0.3, 0.4) is 0 Å². The molecule has 1 heterocycles. The van der Waals surface area contributed by atoms with Crippen molar-refractivity contribution in [2.24, 2.45) is 0 Å². The molecule has 3 rings (SSSR count). The van der Waals surface area contributed by atoms with Gasteiger partial charge in [0.1, 0.15) is 5.82 Å². The van der Waals surface area contributed by atoms with E-state index in [4.69, 9.17) is 5.73 Å². The Kier molecular flexibility index (Phi) is 6.48. The molecule has 0 bridgehead atoms. The van der Waals surface area contributed by atoms with Crippen LogP contribution in [0.15, 0.2) is 42.5 Å². The summed E-state index contributed by atoms with van der Waals surface area (Å²) in [4.78, 5) is 16.6. The zero-order valence-electron chi connectivity index (χ0n) is 15.1. The highest BCUT2D eigenvalue weighted by Gasteiger charge is 2.24. The van der Waals surface area contributed by atoms with E-state index in [2.05, 4.69) is 4.90 Å². The Bertz CT molecular complexity index is 766. The lowest BCUT2D eigenvalue weighted by Gasteiger charge is -2.34. The number of carbonyl (C=O) groups is 1. The lowest BCUT2D eigenvalue weighted by Crippen LogP contribution is -2.41. The molecule has 4 nitrogen and oxygen atoms in total. The number of likely N-dealkylation sites (N-methyl/N-ethyl adjacent to an activating group) is 1. The molecule has 26 heavy (non-hydrogen) atoms. The number of hydrogen-bond acceptors (Lipinski definition) is 3. The molecule has 2 aromatic rings. The smallest absolute Gasteiger partial charge is 0.242 e. The van der Waals surface area contributed by atoms with Crippen molar-refractivity contribution in [3.05, 3.63) is 59.4 Å². The molecule has 6 heteroatoms. The van der Waals surface area contributed by atoms with Gasteiger partial charge in [0, 0.05) is 25.0 Å². The van der Waals surface area contributed by atoms with E-state index in [0.717, 1.165) is 41.9 Å². The number of rotatable bonds is 4. The first kappa shape index (κ1) is 20.0. The van der Waals surface area contributed by atoms with Crippen molar-refractivity contribution in [2.75, 3.05) is 30.8 Å². The molecule has 1 aliphatic heterocycles. The summed E-state index contributed by atoms with van der Waals surface area (Å²) < 4.78 is 13.1. The minimum atomic E-state index is -0.271. The summed E-state index contributed by atoms with van der Waals surface area (Å²) in [6, 6.07) is 12.1. The van der Waals surface area contributed by atoms with Crippen molar-refractivity contribution in [1.82, 2.24) is 4.90 Å². The van der Waals surface area contributed by atoms with E-state index >= 15 is 0 Å². The van der Waals surface area contributed by atoms with Gasteiger partial charge in [-0.05, 0) is 55.2 Å². The fourth-order valence-corrected chi connectivity index (χ4v) is 3.35. The van der Waals surface area contributed by atoms with Crippen LogP contribution in [0.1, 0.15) is 30.5 Å². The summed E-state index contributed by atoms with van der Waals surface area (Å²) in [5, 5.41) is 0. The first-order valence-corrected chi connectivity index (χ1v) is 8.61. The molecule has 0 saturated heterocycles. The molecule has 1 amide bonds. The monoisotopic (exact) mass is 377 g/mol. The van der Waals surface area contributed by atoms with E-state index in [1.54, 1.807) is 24.1 Å². The van der Waals surface area contributed by atoms with Crippen molar-refractivity contribution in [3.8, 4) is 0 Å². The van der Waals surface area contributed by atoms with Crippen molar-refractivity contribution in [3.63, 3.8) is 0 Å². The summed E-state index contributed by atoms with van der Waals surface area (Å²) in [6.45, 7) is 3.12. The number of fused-ring (bicyclic) bond motifs is 1. The Labute approximate surface area is 160 Å². The highest BCUT2D eigenvalue weighted by molar-refractivity contribution is 5.85. The van der Waals surface area contributed by atoms with Gasteiger partial charge >= 0.3 is 0 Å². The van der Waals surface area contributed by atoms with Gasteiger partial charge in [0.05, 0.1) is 12.6 Å². The molecule has 1 unspecified atom stereocenters. The number of carbonyl (C=O) groups excluding carboxylic acids is 1. The lowest BCUT2D eigenvalue weighted by molar-refractivity contribution is -0.130. The first-order chi connectivity index (χ1) is 12.0. The van der Waals surface area contributed by atoms with Gasteiger partial charge in [-0.1, -0.05) is 18.2 Å². The normalized spacial score (nSPS) is 14.2. The van der Waals surface area contributed by atoms with Gasteiger partial charge in [-0.3, -0.25) is 4.79 Å². The summed E-state index contributed by atoms with van der Waals surface area (Å²) >= 11 is 0. The van der Waals surface area contributed by atoms with E-state index < -0.39 is 0 Å². The molecule has 2 aromatic carbocycles. The Hall–Kier alpha value is -2.27. The molecule has 0 spiro atoms. The molecule has 2 N–H and O–H groups in total. The van der Waals surface area contributed by atoms with E-state index in [0.29, 0.717) is 6.54 Å². The number of amides is 1. The summed E-state index contributed by atoms with van der Waals surface area (Å²) in [6.07, 6.45) is 1.94. The lowest BCUT2D eigenvalue weighted by atomic mass is 10.00. The van der Waals surface area contributed by atoms with Crippen LogP contribution in [0.4, 0.5) is 15.8 Å². The number of nitrogens with two attached hydrogens (primary N) is 1. The predicted octanol–water partition coefficient (Wildman–Crippen LogP) is 3.80. The minimum Gasteiger partial charge on any atom is -0.398 e. The number of anilines is 2. The molecule has 0 fully saturated rings. The Morgan fingerprint density at radius 3 is 2.65 bits per heavy atom. The Morgan fingerprint density at radius 1 is 1.27 bits per heavy atom. The number of halogens is 2. The van der Waals surface area contributed by atoms with Crippen LogP contribution in [0.5, 0.6) is 0 Å². The van der Waals surface area contributed by atoms with Gasteiger partial charge in [-0.15, -0.1) is 12.4 Å². The van der Waals surface area contributed by atoms with E-state index in [1.165, 1.54) is 12.1 Å². The Balaban J connectivity index is 0.00000243. The maximum absolute atomic E-state index is 13.1. The van der Waals surface area contributed by atoms with Crippen molar-refractivity contribution < 1.29 is 9.18 Å². The Morgan fingerprint density at radius 2 is 1.96 bits per heavy atom. The molecule has 1 atom stereocenters. The average molecular weight is 378 g/mol. The maximum atomic E-state index is 13.1. The van der Waals surface area contributed by atoms with Crippen molar-refractivity contribution >= 4 is 29.7 Å². The molecule has 0 aliphatic carbocycles. The van der Waals surface area contributed by atoms with E-state index in [9.17, 15) is 9.18 Å². The highest BCUT2D eigenvalue weighted by Crippen LogP contribution is 2.31. The van der Waals surface area contributed by atoms with Crippen LogP contribution in [-0.2, 0) is 11.2 Å². The van der Waals surface area contributed by atoms with Crippen molar-refractivity contribution in [1.29, 1.82) is 0 Å². The topological polar surface area (TPSA) is 49.6 Å². The predicted molar refractivity (Wildman–Crippen MR) is 106 cm³/mol. The van der Waals surface area contributed by atoms with Gasteiger partial charge in [-0.25, -0.2) is 4.39 Å². The summed E-state index contributed by atoms with van der Waals surface area (Å²) in [5.74, 6) is -0.237. The first-order valence-electron chi connectivity index (χ1n) is 8.61. The number of nitrogen functional groups attached to an aromatic ring is 1. The second-order valence-corrected chi connectivity index (χ2v) is 6.60.